The summed E-state index contributed by atoms with van der Waals surface area (Å²) in [5.74, 6) is -1.64. The standard InChI is InChI=1S/C52H45N7O7S5/c1-51(2,3)65-49(63)56-48-54-38(29-68-48)40(58-66-52(35-23-13-6-14-24-35,36-25-15-7-16-26-36)37-27-17-8-18-28-37)44(60)55-41-45(61)59-42(39(30-67-46(41)59)70-32-71-50-57-53-31-69-50)47(62)64-43(33-19-9-4-10-20-33)34-21-11-5-12-22-34/h4-29,31,41,43,46H,30,32H2,1-3H3,(H,55,60)(H,54,56,63)/b58-40-/t41-,46-/m1/s1. The third-order valence-electron chi connectivity index (χ3n) is 11.0. The van der Waals surface area contributed by atoms with Gasteiger partial charge in [-0.2, -0.15) is 0 Å². The van der Waals surface area contributed by atoms with Crippen molar-refractivity contribution in [1.29, 1.82) is 0 Å². The second kappa shape index (κ2) is 22.1. The van der Waals surface area contributed by atoms with Gasteiger partial charge in [0.05, 0.1) is 5.08 Å². The molecule has 0 bridgehead atoms. The highest BCUT2D eigenvalue weighted by molar-refractivity contribution is 8.18. The molecule has 0 saturated carbocycles. The molecule has 360 valence electrons. The first-order valence-electron chi connectivity index (χ1n) is 22.2. The number of rotatable bonds is 17. The van der Waals surface area contributed by atoms with Crippen LogP contribution in [0.5, 0.6) is 0 Å². The van der Waals surface area contributed by atoms with Crippen molar-refractivity contribution in [3.8, 4) is 0 Å². The number of fused-ring (bicyclic) bond motifs is 1. The summed E-state index contributed by atoms with van der Waals surface area (Å²) in [5, 5.41) is 19.8. The van der Waals surface area contributed by atoms with Crippen molar-refractivity contribution in [3.63, 3.8) is 0 Å². The molecule has 1 fully saturated rings. The molecule has 71 heavy (non-hydrogen) atoms. The maximum absolute atomic E-state index is 14.9. The molecule has 14 nitrogen and oxygen atoms in total. The topological polar surface area (TPSA) is 174 Å². The predicted molar refractivity (Wildman–Crippen MR) is 280 cm³/mol. The zero-order valence-electron chi connectivity index (χ0n) is 38.4. The van der Waals surface area contributed by atoms with Crippen LogP contribution in [0.1, 0.15) is 60.4 Å². The minimum absolute atomic E-state index is 0.0604. The van der Waals surface area contributed by atoms with Gasteiger partial charge in [0.15, 0.2) is 21.3 Å². The van der Waals surface area contributed by atoms with Gasteiger partial charge in [-0.3, -0.25) is 19.8 Å². The number of oxime groups is 1. The first-order chi connectivity index (χ1) is 34.5. The van der Waals surface area contributed by atoms with Crippen molar-refractivity contribution >= 4 is 92.7 Å². The minimum Gasteiger partial charge on any atom is -0.448 e. The molecule has 2 aliphatic heterocycles. The fourth-order valence-electron chi connectivity index (χ4n) is 7.85. The van der Waals surface area contributed by atoms with Crippen LogP contribution in [0, 0.1) is 0 Å². The Morgan fingerprint density at radius 1 is 0.789 bits per heavy atom. The number of thioether (sulfide) groups is 3. The van der Waals surface area contributed by atoms with E-state index in [1.54, 1.807) is 31.7 Å². The number of hydrogen-bond acceptors (Lipinski definition) is 16. The molecule has 0 aliphatic carbocycles. The highest BCUT2D eigenvalue weighted by atomic mass is 32.2. The molecule has 7 aromatic rings. The smallest absolute Gasteiger partial charge is 0.413 e. The lowest BCUT2D eigenvalue weighted by atomic mass is 9.80. The highest BCUT2D eigenvalue weighted by Crippen LogP contribution is 2.46. The van der Waals surface area contributed by atoms with Crippen molar-refractivity contribution in [2.45, 2.75) is 53.8 Å². The van der Waals surface area contributed by atoms with Gasteiger partial charge in [0.1, 0.15) is 33.9 Å². The number of β-lactam (4-membered cyclic amide) rings is 1. The van der Waals surface area contributed by atoms with Crippen molar-refractivity contribution in [2.75, 3.05) is 16.2 Å². The van der Waals surface area contributed by atoms with Gasteiger partial charge in [0, 0.05) is 32.7 Å². The number of nitrogens with zero attached hydrogens (tertiary/aromatic N) is 5. The molecule has 2 aromatic heterocycles. The van der Waals surface area contributed by atoms with Crippen LogP contribution in [0.3, 0.4) is 0 Å². The van der Waals surface area contributed by atoms with Crippen LogP contribution in [0.2, 0.25) is 0 Å². The fraction of sp³-hybridized carbons (Fsp3) is 0.192. The quantitative estimate of drug-likeness (QED) is 0.0168. The first kappa shape index (κ1) is 49.2. The Morgan fingerprint density at radius 3 is 1.89 bits per heavy atom. The SMILES string of the molecule is CC(C)(C)OC(=O)Nc1nc(/C(=N/OC(c2ccccc2)(c2ccccc2)c2ccccc2)C(=O)N[C@@H]2C(=O)N3C(C(=O)OC(c4ccccc4)c4ccccc4)=C(SCSc4nncs4)CS[C@H]23)cs1. The van der Waals surface area contributed by atoms with Crippen LogP contribution in [-0.2, 0) is 34.3 Å². The molecule has 2 atom stereocenters. The molecule has 9 rings (SSSR count). The molecule has 3 amide bonds. The third kappa shape index (κ3) is 11.2. The molecule has 2 N–H and O–H groups in total. The Labute approximate surface area is 430 Å². The fourth-order valence-corrected chi connectivity index (χ4v) is 13.0. The third-order valence-corrected chi connectivity index (χ3v) is 16.3. The Hall–Kier alpha value is -6.77. The van der Waals surface area contributed by atoms with Crippen LogP contribution >= 0.6 is 58.0 Å². The second-order valence-electron chi connectivity index (χ2n) is 16.8. The number of aromatic nitrogens is 3. The number of hydrogen-bond donors (Lipinski definition) is 2. The summed E-state index contributed by atoms with van der Waals surface area (Å²) in [6.07, 6.45) is -1.51. The molecule has 19 heteroatoms. The first-order valence-corrected chi connectivity index (χ1v) is 27.0. The molecule has 0 radical (unpaired) electrons. The van der Waals surface area contributed by atoms with Crippen molar-refractivity contribution in [3.05, 3.63) is 207 Å². The number of anilines is 1. The summed E-state index contributed by atoms with van der Waals surface area (Å²) in [6, 6.07) is 46.3. The highest BCUT2D eigenvalue weighted by Gasteiger charge is 2.55. The minimum atomic E-state index is -1.38. The van der Waals surface area contributed by atoms with Crippen molar-refractivity contribution < 1.29 is 33.5 Å². The lowest BCUT2D eigenvalue weighted by Gasteiger charge is -2.49. The van der Waals surface area contributed by atoms with E-state index in [2.05, 4.69) is 31.0 Å². The van der Waals surface area contributed by atoms with Crippen LogP contribution in [0.25, 0.3) is 0 Å². The average molecular weight is 1040 g/mol. The molecule has 0 spiro atoms. The van der Waals surface area contributed by atoms with Crippen LogP contribution in [0.15, 0.2) is 183 Å². The van der Waals surface area contributed by atoms with Gasteiger partial charge in [-0.25, -0.2) is 14.6 Å². The Kier molecular flexibility index (Phi) is 15.3. The van der Waals surface area contributed by atoms with E-state index in [0.29, 0.717) is 15.7 Å². The maximum atomic E-state index is 14.9. The summed E-state index contributed by atoms with van der Waals surface area (Å²) in [6.45, 7) is 5.23. The zero-order chi connectivity index (χ0) is 49.4. The molecule has 5 aromatic carbocycles. The number of nitrogens with one attached hydrogen (secondary N) is 2. The monoisotopic (exact) mass is 1040 g/mol. The van der Waals surface area contributed by atoms with E-state index in [4.69, 9.17) is 14.3 Å². The number of ether oxygens (including phenoxy) is 2. The van der Waals surface area contributed by atoms with Crippen molar-refractivity contribution in [2.24, 2.45) is 5.16 Å². The Balaban J connectivity index is 1.05. The van der Waals surface area contributed by atoms with Gasteiger partial charge in [-0.1, -0.05) is 180 Å². The lowest BCUT2D eigenvalue weighted by Crippen LogP contribution is -2.71. The van der Waals surface area contributed by atoms with Crippen LogP contribution in [-0.4, -0.2) is 77.5 Å². The number of esters is 1. The number of amides is 3. The van der Waals surface area contributed by atoms with Gasteiger partial charge in [-0.05, 0) is 31.9 Å². The van der Waals surface area contributed by atoms with E-state index >= 15 is 0 Å². The van der Waals surface area contributed by atoms with E-state index in [9.17, 15) is 19.2 Å². The summed E-state index contributed by atoms with van der Waals surface area (Å²) in [7, 11) is 0. The Morgan fingerprint density at radius 2 is 1.35 bits per heavy atom. The number of benzene rings is 5. The predicted octanol–water partition coefficient (Wildman–Crippen LogP) is 10.5. The van der Waals surface area contributed by atoms with Crippen molar-refractivity contribution in [1.82, 2.24) is 25.4 Å². The van der Waals surface area contributed by atoms with E-state index in [-0.39, 0.29) is 22.2 Å². The van der Waals surface area contributed by atoms with Gasteiger partial charge >= 0.3 is 12.1 Å². The van der Waals surface area contributed by atoms with E-state index < -0.39 is 52.6 Å². The molecule has 1 saturated heterocycles. The lowest BCUT2D eigenvalue weighted by molar-refractivity contribution is -0.154. The van der Waals surface area contributed by atoms with E-state index in [0.717, 1.165) is 43.5 Å². The van der Waals surface area contributed by atoms with Crippen LogP contribution < -0.4 is 10.6 Å². The summed E-state index contributed by atoms with van der Waals surface area (Å²) in [5.41, 5.74) is 3.06. The molecular weight excluding hydrogens is 995 g/mol. The normalized spacial score (nSPS) is 15.9. The molecule has 0 unspecified atom stereocenters. The largest absolute Gasteiger partial charge is 0.448 e. The maximum Gasteiger partial charge on any atom is 0.413 e. The molecular formula is C52H45N7O7S5. The Bertz CT molecular complexity index is 2900. The molecule has 2 aliphatic rings. The van der Waals surface area contributed by atoms with Gasteiger partial charge < -0.3 is 19.6 Å². The van der Waals surface area contributed by atoms with Gasteiger partial charge in [-0.15, -0.1) is 45.1 Å². The van der Waals surface area contributed by atoms with E-state index in [1.807, 2.05) is 152 Å². The second-order valence-corrected chi connectivity index (χ2v) is 22.3. The summed E-state index contributed by atoms with van der Waals surface area (Å²) >= 11 is 6.77. The number of thiazole rings is 1. The summed E-state index contributed by atoms with van der Waals surface area (Å²) < 4.78 is 12.6. The summed E-state index contributed by atoms with van der Waals surface area (Å²) in [4.78, 5) is 70.6. The van der Waals surface area contributed by atoms with Crippen LogP contribution in [0.4, 0.5) is 9.93 Å². The number of carbonyl (C=O) groups excluding carboxylic acids is 4. The zero-order valence-corrected chi connectivity index (χ0v) is 42.5. The average Bonchev–Trinajstić information content (AvgIpc) is 4.09. The van der Waals surface area contributed by atoms with Gasteiger partial charge in [0.2, 0.25) is 5.60 Å². The molecule has 4 heterocycles. The number of carbonyl (C=O) groups is 4. The van der Waals surface area contributed by atoms with E-state index in [1.165, 1.54) is 51.5 Å². The van der Waals surface area contributed by atoms with Gasteiger partial charge in [0.25, 0.3) is 11.8 Å².